The van der Waals surface area contributed by atoms with Crippen molar-refractivity contribution in [1.82, 2.24) is 5.32 Å². The van der Waals surface area contributed by atoms with Gasteiger partial charge in [-0.05, 0) is 30.5 Å². The zero-order chi connectivity index (χ0) is 11.8. The Hall–Kier alpha value is -1.22. The van der Waals surface area contributed by atoms with Crippen molar-refractivity contribution in [3.05, 3.63) is 29.8 Å². The highest BCUT2D eigenvalue weighted by atomic mass is 35.5. The number of hydrogen-bond donors (Lipinski definition) is 2. The number of phenolic OH excluding ortho intramolecular Hbond substituents is 1. The van der Waals surface area contributed by atoms with E-state index in [-0.39, 0.29) is 11.7 Å². The minimum absolute atomic E-state index is 0.0276. The van der Waals surface area contributed by atoms with Gasteiger partial charge in [0.15, 0.2) is 0 Å². The van der Waals surface area contributed by atoms with Crippen LogP contribution in [0.1, 0.15) is 18.4 Å². The van der Waals surface area contributed by atoms with E-state index >= 15 is 0 Å². The Labute approximate surface area is 100 Å². The number of aromatic hydroxyl groups is 1. The number of carbonyl (C=O) groups excluding carboxylic acids is 1. The average Bonchev–Trinajstić information content (AvgIpc) is 2.24. The van der Waals surface area contributed by atoms with Crippen LogP contribution in [0.3, 0.4) is 0 Å². The Bertz CT molecular complexity index is 342. The van der Waals surface area contributed by atoms with Crippen LogP contribution in [0, 0.1) is 0 Å². The molecule has 1 aromatic carbocycles. The number of hydrogen-bond acceptors (Lipinski definition) is 2. The van der Waals surface area contributed by atoms with Gasteiger partial charge >= 0.3 is 0 Å². The molecule has 0 spiro atoms. The normalized spacial score (nSPS) is 10.1. The van der Waals surface area contributed by atoms with Gasteiger partial charge in [0.05, 0.1) is 6.42 Å². The van der Waals surface area contributed by atoms with Gasteiger partial charge < -0.3 is 10.4 Å². The summed E-state index contributed by atoms with van der Waals surface area (Å²) in [5.74, 6) is 0.787. The van der Waals surface area contributed by atoms with Gasteiger partial charge in [0.2, 0.25) is 5.91 Å². The molecule has 0 bridgehead atoms. The molecule has 0 atom stereocenters. The second-order valence-corrected chi connectivity index (χ2v) is 3.97. The summed E-state index contributed by atoms with van der Waals surface area (Å²) in [5.41, 5.74) is 0.815. The first-order valence-corrected chi connectivity index (χ1v) is 5.86. The maximum atomic E-state index is 11.5. The molecule has 0 radical (unpaired) electrons. The molecule has 0 aliphatic rings. The molecule has 1 rings (SSSR count). The molecule has 0 fully saturated rings. The maximum Gasteiger partial charge on any atom is 0.224 e. The van der Waals surface area contributed by atoms with E-state index < -0.39 is 0 Å². The molecule has 0 unspecified atom stereocenters. The predicted octanol–water partition coefficient (Wildman–Crippen LogP) is 2.07. The molecule has 0 aromatic heterocycles. The van der Waals surface area contributed by atoms with Crippen LogP contribution >= 0.6 is 11.6 Å². The highest BCUT2D eigenvalue weighted by Crippen LogP contribution is 2.11. The van der Waals surface area contributed by atoms with Crippen molar-refractivity contribution in [3.63, 3.8) is 0 Å². The summed E-state index contributed by atoms with van der Waals surface area (Å²) in [4.78, 5) is 11.5. The molecule has 3 nitrogen and oxygen atoms in total. The third-order valence-electron chi connectivity index (χ3n) is 2.16. The van der Waals surface area contributed by atoms with E-state index in [1.54, 1.807) is 18.2 Å². The number of benzene rings is 1. The highest BCUT2D eigenvalue weighted by Gasteiger charge is 2.02. The van der Waals surface area contributed by atoms with E-state index in [0.717, 1.165) is 18.4 Å². The fourth-order valence-electron chi connectivity index (χ4n) is 1.36. The van der Waals surface area contributed by atoms with Gasteiger partial charge in [0.25, 0.3) is 0 Å². The summed E-state index contributed by atoms with van der Waals surface area (Å²) in [6.45, 7) is 0.657. The first-order valence-electron chi connectivity index (χ1n) is 5.33. The largest absolute Gasteiger partial charge is 0.508 e. The Kier molecular flexibility index (Phi) is 5.72. The quantitative estimate of drug-likeness (QED) is 0.592. The van der Waals surface area contributed by atoms with Gasteiger partial charge in [-0.1, -0.05) is 12.1 Å². The fraction of sp³-hybridized carbons (Fsp3) is 0.417. The third-order valence-corrected chi connectivity index (χ3v) is 2.43. The third kappa shape index (κ3) is 5.03. The molecule has 2 N–H and O–H groups in total. The first-order chi connectivity index (χ1) is 7.72. The van der Waals surface area contributed by atoms with E-state index in [9.17, 15) is 9.90 Å². The van der Waals surface area contributed by atoms with Crippen molar-refractivity contribution in [1.29, 1.82) is 0 Å². The van der Waals surface area contributed by atoms with Crippen molar-refractivity contribution in [2.24, 2.45) is 0 Å². The molecule has 0 aliphatic heterocycles. The number of unbranched alkanes of at least 4 members (excludes halogenated alkanes) is 1. The standard InChI is InChI=1S/C12H16ClNO2/c13-6-1-2-7-14-12(16)9-10-4-3-5-11(15)8-10/h3-5,8,15H,1-2,6-7,9H2,(H,14,16). The monoisotopic (exact) mass is 241 g/mol. The second-order valence-electron chi connectivity index (χ2n) is 3.59. The minimum Gasteiger partial charge on any atom is -0.508 e. The molecule has 0 saturated heterocycles. The van der Waals surface area contributed by atoms with Gasteiger partial charge in [0, 0.05) is 12.4 Å². The molecule has 4 heteroatoms. The van der Waals surface area contributed by atoms with E-state index in [0.29, 0.717) is 18.8 Å². The highest BCUT2D eigenvalue weighted by molar-refractivity contribution is 6.17. The van der Waals surface area contributed by atoms with E-state index in [1.807, 2.05) is 6.07 Å². The van der Waals surface area contributed by atoms with Crippen molar-refractivity contribution in [3.8, 4) is 5.75 Å². The number of amides is 1. The molecule has 16 heavy (non-hydrogen) atoms. The van der Waals surface area contributed by atoms with Crippen molar-refractivity contribution in [2.75, 3.05) is 12.4 Å². The first kappa shape index (κ1) is 12.8. The summed E-state index contributed by atoms with van der Waals surface area (Å²) in [6.07, 6.45) is 2.11. The van der Waals surface area contributed by atoms with Gasteiger partial charge in [0.1, 0.15) is 5.75 Å². The number of carbonyl (C=O) groups is 1. The number of alkyl halides is 1. The predicted molar refractivity (Wildman–Crippen MR) is 64.8 cm³/mol. The Balaban J connectivity index is 2.29. The summed E-state index contributed by atoms with van der Waals surface area (Å²) in [7, 11) is 0. The molecule has 1 amide bonds. The van der Waals surface area contributed by atoms with Gasteiger partial charge in [-0.2, -0.15) is 0 Å². The molecule has 1 aromatic rings. The molecule has 88 valence electrons. The number of phenols is 1. The molecular formula is C12H16ClNO2. The Morgan fingerprint density at radius 2 is 2.19 bits per heavy atom. The van der Waals surface area contributed by atoms with Crippen LogP contribution in [0.2, 0.25) is 0 Å². The van der Waals surface area contributed by atoms with Crippen molar-refractivity contribution >= 4 is 17.5 Å². The van der Waals surface area contributed by atoms with Crippen LogP contribution < -0.4 is 5.32 Å². The Morgan fingerprint density at radius 3 is 2.88 bits per heavy atom. The lowest BCUT2D eigenvalue weighted by atomic mass is 10.1. The zero-order valence-corrected chi connectivity index (χ0v) is 9.83. The van der Waals surface area contributed by atoms with Crippen LogP contribution in [-0.2, 0) is 11.2 Å². The zero-order valence-electron chi connectivity index (χ0n) is 9.08. The summed E-state index contributed by atoms with van der Waals surface area (Å²) in [5, 5.41) is 12.0. The average molecular weight is 242 g/mol. The summed E-state index contributed by atoms with van der Waals surface area (Å²) < 4.78 is 0. The van der Waals surface area contributed by atoms with Crippen LogP contribution in [0.5, 0.6) is 5.75 Å². The fourth-order valence-corrected chi connectivity index (χ4v) is 1.55. The smallest absolute Gasteiger partial charge is 0.224 e. The van der Waals surface area contributed by atoms with E-state index in [1.165, 1.54) is 0 Å². The van der Waals surface area contributed by atoms with E-state index in [4.69, 9.17) is 11.6 Å². The molecule has 0 heterocycles. The summed E-state index contributed by atoms with van der Waals surface area (Å²) >= 11 is 5.52. The SMILES string of the molecule is O=C(Cc1cccc(O)c1)NCCCCCl. The van der Waals surface area contributed by atoms with E-state index in [2.05, 4.69) is 5.32 Å². The second kappa shape index (κ2) is 7.12. The lowest BCUT2D eigenvalue weighted by Crippen LogP contribution is -2.26. The van der Waals surface area contributed by atoms with Crippen molar-refractivity contribution < 1.29 is 9.90 Å². The summed E-state index contributed by atoms with van der Waals surface area (Å²) in [6, 6.07) is 6.73. The van der Waals surface area contributed by atoms with Crippen LogP contribution in [0.15, 0.2) is 24.3 Å². The number of nitrogens with one attached hydrogen (secondary N) is 1. The number of rotatable bonds is 6. The van der Waals surface area contributed by atoms with Crippen molar-refractivity contribution in [2.45, 2.75) is 19.3 Å². The maximum absolute atomic E-state index is 11.5. The molecule has 0 saturated carbocycles. The minimum atomic E-state index is -0.0276. The van der Waals surface area contributed by atoms with Gasteiger partial charge in [-0.25, -0.2) is 0 Å². The lowest BCUT2D eigenvalue weighted by Gasteiger charge is -2.04. The Morgan fingerprint density at radius 1 is 1.38 bits per heavy atom. The van der Waals surface area contributed by atoms with Crippen LogP contribution in [-0.4, -0.2) is 23.4 Å². The van der Waals surface area contributed by atoms with Crippen LogP contribution in [0.4, 0.5) is 0 Å². The lowest BCUT2D eigenvalue weighted by molar-refractivity contribution is -0.120. The van der Waals surface area contributed by atoms with Crippen LogP contribution in [0.25, 0.3) is 0 Å². The van der Waals surface area contributed by atoms with Gasteiger partial charge in [-0.3, -0.25) is 4.79 Å². The number of halogens is 1. The molecule has 0 aliphatic carbocycles. The topological polar surface area (TPSA) is 49.3 Å². The molecular weight excluding hydrogens is 226 g/mol. The van der Waals surface area contributed by atoms with Gasteiger partial charge in [-0.15, -0.1) is 11.6 Å².